The second kappa shape index (κ2) is 8.03. The Labute approximate surface area is 139 Å². The number of amides is 1. The molecule has 0 aliphatic heterocycles. The van der Waals surface area contributed by atoms with Crippen molar-refractivity contribution >= 4 is 12.0 Å². The van der Waals surface area contributed by atoms with Crippen LogP contribution in [0.1, 0.15) is 17.2 Å². The molecule has 1 amide bonds. The lowest BCUT2D eigenvalue weighted by Gasteiger charge is -2.11. The second-order valence-electron chi connectivity index (χ2n) is 5.12. The number of carbonyl (C=O) groups excluding carboxylic acids is 1. The van der Waals surface area contributed by atoms with Crippen molar-refractivity contribution in [3.8, 4) is 17.2 Å². The van der Waals surface area contributed by atoms with Crippen molar-refractivity contribution in [1.29, 1.82) is 0 Å². The Morgan fingerprint density at radius 1 is 1.21 bits per heavy atom. The van der Waals surface area contributed by atoms with E-state index >= 15 is 0 Å². The van der Waals surface area contributed by atoms with Crippen LogP contribution in [0.15, 0.2) is 48.5 Å². The Morgan fingerprint density at radius 2 is 1.92 bits per heavy atom. The fourth-order valence-corrected chi connectivity index (χ4v) is 2.04. The van der Waals surface area contributed by atoms with Crippen LogP contribution in [0.25, 0.3) is 6.08 Å². The molecule has 2 rings (SSSR count). The molecule has 4 N–H and O–H groups in total. The van der Waals surface area contributed by atoms with Crippen LogP contribution in [-0.2, 0) is 4.79 Å². The molecule has 0 saturated heterocycles. The van der Waals surface area contributed by atoms with Gasteiger partial charge in [-0.05, 0) is 41.5 Å². The third-order valence-corrected chi connectivity index (χ3v) is 3.38. The zero-order valence-electron chi connectivity index (χ0n) is 13.1. The Bertz CT molecular complexity index is 725. The Morgan fingerprint density at radius 3 is 2.58 bits per heavy atom. The minimum atomic E-state index is -0.864. The summed E-state index contributed by atoms with van der Waals surface area (Å²) in [7, 11) is 1.44. The lowest BCUT2D eigenvalue weighted by atomic mass is 10.1. The summed E-state index contributed by atoms with van der Waals surface area (Å²) in [6.07, 6.45) is 2.04. The first kappa shape index (κ1) is 17.4. The van der Waals surface area contributed by atoms with Crippen LogP contribution in [0.5, 0.6) is 17.2 Å². The highest BCUT2D eigenvalue weighted by molar-refractivity contribution is 5.91. The highest BCUT2D eigenvalue weighted by Crippen LogP contribution is 2.26. The number of ether oxygens (including phenoxy) is 1. The molecule has 2 aromatic carbocycles. The Kier molecular flexibility index (Phi) is 5.81. The number of aliphatic hydroxyl groups excluding tert-OH is 1. The zero-order valence-corrected chi connectivity index (χ0v) is 13.1. The summed E-state index contributed by atoms with van der Waals surface area (Å²) in [5.41, 5.74) is 1.29. The van der Waals surface area contributed by atoms with Gasteiger partial charge in [0.15, 0.2) is 11.5 Å². The van der Waals surface area contributed by atoms with Crippen molar-refractivity contribution in [3.63, 3.8) is 0 Å². The molecule has 126 valence electrons. The fraction of sp³-hybridized carbons (Fsp3) is 0.167. The summed E-state index contributed by atoms with van der Waals surface area (Å²) in [5.74, 6) is 0.0959. The Hall–Kier alpha value is -2.99. The maximum Gasteiger partial charge on any atom is 0.244 e. The molecule has 1 atom stereocenters. The van der Waals surface area contributed by atoms with Gasteiger partial charge in [0.05, 0.1) is 13.2 Å². The minimum absolute atomic E-state index is 0.0242. The molecule has 0 heterocycles. The fourth-order valence-electron chi connectivity index (χ4n) is 2.04. The number of methoxy groups -OCH3 is 1. The second-order valence-corrected chi connectivity index (χ2v) is 5.12. The molecule has 0 aliphatic carbocycles. The number of nitrogens with one attached hydrogen (secondary N) is 1. The third kappa shape index (κ3) is 4.76. The number of benzene rings is 2. The monoisotopic (exact) mass is 329 g/mol. The van der Waals surface area contributed by atoms with E-state index in [9.17, 15) is 20.1 Å². The van der Waals surface area contributed by atoms with E-state index in [4.69, 9.17) is 4.74 Å². The number of aliphatic hydroxyl groups is 1. The van der Waals surface area contributed by atoms with Crippen LogP contribution in [-0.4, -0.2) is 34.9 Å². The molecule has 0 aromatic heterocycles. The first-order valence-electron chi connectivity index (χ1n) is 7.29. The zero-order chi connectivity index (χ0) is 17.5. The minimum Gasteiger partial charge on any atom is -0.508 e. The van der Waals surface area contributed by atoms with Gasteiger partial charge in [0.2, 0.25) is 5.91 Å². The molecule has 0 bridgehead atoms. The number of hydrogen-bond donors (Lipinski definition) is 4. The van der Waals surface area contributed by atoms with E-state index in [1.807, 2.05) is 0 Å². The molecule has 0 saturated carbocycles. The predicted molar refractivity (Wildman–Crippen MR) is 89.8 cm³/mol. The molecule has 0 radical (unpaired) electrons. The predicted octanol–water partition coefficient (Wildman–Crippen LogP) is 1.97. The maximum absolute atomic E-state index is 11.8. The van der Waals surface area contributed by atoms with Gasteiger partial charge >= 0.3 is 0 Å². The first-order chi connectivity index (χ1) is 11.5. The number of carbonyl (C=O) groups is 1. The van der Waals surface area contributed by atoms with E-state index in [1.54, 1.807) is 30.3 Å². The summed E-state index contributed by atoms with van der Waals surface area (Å²) < 4.78 is 4.99. The van der Waals surface area contributed by atoms with Gasteiger partial charge in [0, 0.05) is 12.6 Å². The van der Waals surface area contributed by atoms with E-state index < -0.39 is 6.10 Å². The number of aromatic hydroxyl groups is 2. The number of phenolic OH excluding ortho intramolecular Hbond substituents is 2. The molecule has 6 heteroatoms. The van der Waals surface area contributed by atoms with E-state index in [-0.39, 0.29) is 24.0 Å². The van der Waals surface area contributed by atoms with Crippen molar-refractivity contribution in [3.05, 3.63) is 59.7 Å². The van der Waals surface area contributed by atoms with Crippen LogP contribution >= 0.6 is 0 Å². The van der Waals surface area contributed by atoms with Crippen LogP contribution in [0.4, 0.5) is 0 Å². The number of phenols is 2. The van der Waals surface area contributed by atoms with Crippen LogP contribution in [0, 0.1) is 0 Å². The van der Waals surface area contributed by atoms with Crippen molar-refractivity contribution in [2.24, 2.45) is 0 Å². The lowest BCUT2D eigenvalue weighted by molar-refractivity contribution is -0.116. The maximum atomic E-state index is 11.8. The summed E-state index contributed by atoms with van der Waals surface area (Å²) in [4.78, 5) is 11.8. The van der Waals surface area contributed by atoms with Crippen molar-refractivity contribution in [1.82, 2.24) is 5.32 Å². The van der Waals surface area contributed by atoms with Crippen LogP contribution in [0.3, 0.4) is 0 Å². The lowest BCUT2D eigenvalue weighted by Crippen LogP contribution is -2.26. The van der Waals surface area contributed by atoms with Gasteiger partial charge in [-0.2, -0.15) is 0 Å². The van der Waals surface area contributed by atoms with Crippen molar-refractivity contribution < 1.29 is 24.9 Å². The highest BCUT2D eigenvalue weighted by Gasteiger charge is 2.08. The van der Waals surface area contributed by atoms with Crippen molar-refractivity contribution in [2.75, 3.05) is 13.7 Å². The van der Waals surface area contributed by atoms with E-state index in [0.717, 1.165) is 0 Å². The molecule has 0 spiro atoms. The quantitative estimate of drug-likeness (QED) is 0.607. The van der Waals surface area contributed by atoms with Gasteiger partial charge < -0.3 is 25.4 Å². The molecule has 0 aliphatic rings. The smallest absolute Gasteiger partial charge is 0.244 e. The number of hydrogen-bond acceptors (Lipinski definition) is 5. The van der Waals surface area contributed by atoms with E-state index in [1.165, 1.54) is 31.4 Å². The standard InChI is InChI=1S/C18H19NO5/c1-24-17-10-12(2-8-15(17)21)3-9-18(23)19-11-16(22)13-4-6-14(20)7-5-13/h2-10,16,20-22H,11H2,1H3,(H,19,23)/b9-3-/t16-/m0/s1. The first-order valence-corrected chi connectivity index (χ1v) is 7.29. The van der Waals surface area contributed by atoms with Crippen LogP contribution < -0.4 is 10.1 Å². The van der Waals surface area contributed by atoms with Gasteiger partial charge in [-0.15, -0.1) is 0 Å². The van der Waals surface area contributed by atoms with Gasteiger partial charge in [0.1, 0.15) is 5.75 Å². The van der Waals surface area contributed by atoms with Crippen LogP contribution in [0.2, 0.25) is 0 Å². The largest absolute Gasteiger partial charge is 0.508 e. The molecule has 6 nitrogen and oxygen atoms in total. The topological polar surface area (TPSA) is 99.0 Å². The Balaban J connectivity index is 1.89. The van der Waals surface area contributed by atoms with E-state index in [0.29, 0.717) is 16.9 Å². The molecule has 0 fully saturated rings. The van der Waals surface area contributed by atoms with E-state index in [2.05, 4.69) is 5.32 Å². The third-order valence-electron chi connectivity index (χ3n) is 3.38. The SMILES string of the molecule is COc1cc(/C=C\C(=O)NC[C@H](O)c2ccc(O)cc2)ccc1O. The normalized spacial score (nSPS) is 12.1. The average molecular weight is 329 g/mol. The van der Waals surface area contributed by atoms with Gasteiger partial charge in [-0.1, -0.05) is 18.2 Å². The van der Waals surface area contributed by atoms with Gasteiger partial charge in [-0.25, -0.2) is 0 Å². The molecular formula is C18H19NO5. The molecule has 0 unspecified atom stereocenters. The number of rotatable bonds is 6. The van der Waals surface area contributed by atoms with Crippen molar-refractivity contribution in [2.45, 2.75) is 6.10 Å². The molecule has 2 aromatic rings. The van der Waals surface area contributed by atoms with Gasteiger partial charge in [-0.3, -0.25) is 4.79 Å². The summed E-state index contributed by atoms with van der Waals surface area (Å²) >= 11 is 0. The molecule has 24 heavy (non-hydrogen) atoms. The summed E-state index contributed by atoms with van der Waals surface area (Å²) in [6.45, 7) is 0.0485. The summed E-state index contributed by atoms with van der Waals surface area (Å²) in [6, 6.07) is 10.8. The average Bonchev–Trinajstić information content (AvgIpc) is 2.59. The van der Waals surface area contributed by atoms with Gasteiger partial charge in [0.25, 0.3) is 0 Å². The summed E-state index contributed by atoms with van der Waals surface area (Å²) in [5, 5.41) is 31.3. The molecular weight excluding hydrogens is 310 g/mol. The highest BCUT2D eigenvalue weighted by atomic mass is 16.5.